The third-order valence-electron chi connectivity index (χ3n) is 2.56. The van der Waals surface area contributed by atoms with Crippen LogP contribution in [0.25, 0.3) is 5.69 Å². The van der Waals surface area contributed by atoms with Crippen LogP contribution in [0.2, 0.25) is 0 Å². The predicted molar refractivity (Wildman–Crippen MR) is 63.3 cm³/mol. The first-order chi connectivity index (χ1) is 7.72. The van der Waals surface area contributed by atoms with Crippen LogP contribution in [0.1, 0.15) is 31.0 Å². The zero-order valence-electron chi connectivity index (χ0n) is 9.59. The van der Waals surface area contributed by atoms with Crippen LogP contribution in [0.15, 0.2) is 30.5 Å². The van der Waals surface area contributed by atoms with E-state index in [2.05, 4.69) is 30.2 Å². The molecule has 0 fully saturated rings. The molecular formula is C12H16N4. The number of benzene rings is 1. The van der Waals surface area contributed by atoms with Gasteiger partial charge in [0.1, 0.15) is 0 Å². The van der Waals surface area contributed by atoms with Gasteiger partial charge >= 0.3 is 0 Å². The van der Waals surface area contributed by atoms with Crippen molar-refractivity contribution in [1.82, 2.24) is 15.0 Å². The van der Waals surface area contributed by atoms with Gasteiger partial charge in [-0.15, -0.1) is 5.10 Å². The highest BCUT2D eigenvalue weighted by atomic mass is 15.4. The largest absolute Gasteiger partial charge is 0.325 e. The lowest BCUT2D eigenvalue weighted by Crippen LogP contribution is -2.01. The third kappa shape index (κ3) is 1.97. The Morgan fingerprint density at radius 1 is 1.31 bits per heavy atom. The van der Waals surface area contributed by atoms with Crippen LogP contribution in [0, 0.1) is 0 Å². The molecule has 0 atom stereocenters. The molecule has 4 heteroatoms. The molecule has 0 unspecified atom stereocenters. The average Bonchev–Trinajstić information content (AvgIpc) is 2.77. The maximum atomic E-state index is 5.52. The molecule has 0 aliphatic rings. The van der Waals surface area contributed by atoms with Gasteiger partial charge in [-0.3, -0.25) is 0 Å². The summed E-state index contributed by atoms with van der Waals surface area (Å²) in [5.74, 6) is 0.460. The Morgan fingerprint density at radius 3 is 2.69 bits per heavy atom. The van der Waals surface area contributed by atoms with Crippen molar-refractivity contribution in [2.24, 2.45) is 5.73 Å². The second-order valence-electron chi connectivity index (χ2n) is 4.07. The zero-order chi connectivity index (χ0) is 11.5. The fourth-order valence-electron chi connectivity index (χ4n) is 1.69. The molecule has 2 aromatic rings. The monoisotopic (exact) mass is 216 g/mol. The van der Waals surface area contributed by atoms with Crippen molar-refractivity contribution in [2.45, 2.75) is 26.3 Å². The van der Waals surface area contributed by atoms with Crippen molar-refractivity contribution in [3.05, 3.63) is 41.7 Å². The molecule has 0 amide bonds. The minimum absolute atomic E-state index is 0.420. The van der Waals surface area contributed by atoms with Crippen LogP contribution in [0.5, 0.6) is 0 Å². The van der Waals surface area contributed by atoms with E-state index in [1.54, 1.807) is 4.68 Å². The normalized spacial score (nSPS) is 11.0. The molecule has 0 saturated heterocycles. The summed E-state index contributed by atoms with van der Waals surface area (Å²) in [5, 5.41) is 8.09. The molecule has 0 radical (unpaired) electrons. The summed E-state index contributed by atoms with van der Waals surface area (Å²) in [6.45, 7) is 4.75. The van der Waals surface area contributed by atoms with Crippen molar-refractivity contribution in [1.29, 1.82) is 0 Å². The Balaban J connectivity index is 2.46. The lowest BCUT2D eigenvalue weighted by atomic mass is 10.0. The van der Waals surface area contributed by atoms with Crippen LogP contribution in [-0.4, -0.2) is 15.0 Å². The summed E-state index contributed by atoms with van der Waals surface area (Å²) in [4.78, 5) is 0. The molecule has 0 aliphatic carbocycles. The van der Waals surface area contributed by atoms with Gasteiger partial charge < -0.3 is 5.73 Å². The van der Waals surface area contributed by atoms with Gasteiger partial charge in [0, 0.05) is 6.54 Å². The average molecular weight is 216 g/mol. The van der Waals surface area contributed by atoms with Crippen molar-refractivity contribution < 1.29 is 0 Å². The predicted octanol–water partition coefficient (Wildman–Crippen LogP) is 1.85. The van der Waals surface area contributed by atoms with Crippen LogP contribution in [-0.2, 0) is 6.54 Å². The standard InChI is InChI=1S/C12H16N4/c1-9(2)11-5-3-4-6-12(11)16-8-10(7-13)14-15-16/h3-6,8-9H,7,13H2,1-2H3. The summed E-state index contributed by atoms with van der Waals surface area (Å²) >= 11 is 0. The molecule has 0 saturated carbocycles. The van der Waals surface area contributed by atoms with Crippen LogP contribution in [0.3, 0.4) is 0 Å². The number of rotatable bonds is 3. The highest BCUT2D eigenvalue weighted by Gasteiger charge is 2.08. The molecule has 84 valence electrons. The smallest absolute Gasteiger partial charge is 0.0967 e. The second kappa shape index (κ2) is 4.45. The number of nitrogens with two attached hydrogens (primary N) is 1. The molecule has 0 bridgehead atoms. The van der Waals surface area contributed by atoms with E-state index in [1.807, 2.05) is 24.4 Å². The fourth-order valence-corrected chi connectivity index (χ4v) is 1.69. The first-order valence-corrected chi connectivity index (χ1v) is 5.43. The van der Waals surface area contributed by atoms with E-state index >= 15 is 0 Å². The summed E-state index contributed by atoms with van der Waals surface area (Å²) < 4.78 is 1.79. The molecule has 2 rings (SSSR count). The van der Waals surface area contributed by atoms with E-state index in [0.717, 1.165) is 11.4 Å². The molecular weight excluding hydrogens is 200 g/mol. The Kier molecular flexibility index (Phi) is 3.01. The summed E-state index contributed by atoms with van der Waals surface area (Å²) in [6, 6.07) is 8.21. The van der Waals surface area contributed by atoms with Gasteiger partial charge in [0.25, 0.3) is 0 Å². The topological polar surface area (TPSA) is 56.7 Å². The lowest BCUT2D eigenvalue weighted by Gasteiger charge is -2.11. The maximum Gasteiger partial charge on any atom is 0.0967 e. The first kappa shape index (κ1) is 10.8. The maximum absolute atomic E-state index is 5.52. The third-order valence-corrected chi connectivity index (χ3v) is 2.56. The summed E-state index contributed by atoms with van der Waals surface area (Å²) in [5.41, 5.74) is 8.66. The van der Waals surface area contributed by atoms with Crippen molar-refractivity contribution in [3.8, 4) is 5.69 Å². The van der Waals surface area contributed by atoms with Crippen molar-refractivity contribution in [2.75, 3.05) is 0 Å². The second-order valence-corrected chi connectivity index (χ2v) is 4.07. The number of aromatic nitrogens is 3. The molecule has 0 spiro atoms. The highest BCUT2D eigenvalue weighted by molar-refractivity contribution is 5.42. The summed E-state index contributed by atoms with van der Waals surface area (Å²) in [7, 11) is 0. The van der Waals surface area contributed by atoms with Gasteiger partial charge in [0.05, 0.1) is 17.6 Å². The molecule has 4 nitrogen and oxygen atoms in total. The quantitative estimate of drug-likeness (QED) is 0.851. The molecule has 1 heterocycles. The summed E-state index contributed by atoms with van der Waals surface area (Å²) in [6.07, 6.45) is 1.88. The Morgan fingerprint density at radius 2 is 2.06 bits per heavy atom. The minimum Gasteiger partial charge on any atom is -0.325 e. The van der Waals surface area contributed by atoms with E-state index in [1.165, 1.54) is 5.56 Å². The number of nitrogens with zero attached hydrogens (tertiary/aromatic N) is 3. The van der Waals surface area contributed by atoms with E-state index < -0.39 is 0 Å². The number of hydrogen-bond acceptors (Lipinski definition) is 3. The van der Waals surface area contributed by atoms with E-state index in [0.29, 0.717) is 12.5 Å². The van der Waals surface area contributed by atoms with Gasteiger partial charge in [-0.05, 0) is 17.5 Å². The Labute approximate surface area is 95.1 Å². The number of para-hydroxylation sites is 1. The van der Waals surface area contributed by atoms with Crippen molar-refractivity contribution in [3.63, 3.8) is 0 Å². The molecule has 2 N–H and O–H groups in total. The number of hydrogen-bond donors (Lipinski definition) is 1. The minimum atomic E-state index is 0.420. The Bertz CT molecular complexity index is 473. The zero-order valence-corrected chi connectivity index (χ0v) is 9.59. The van der Waals surface area contributed by atoms with Gasteiger partial charge in [-0.25, -0.2) is 4.68 Å². The van der Waals surface area contributed by atoms with Crippen LogP contribution in [0.4, 0.5) is 0 Å². The SMILES string of the molecule is CC(C)c1ccccc1-n1cc(CN)nn1. The van der Waals surface area contributed by atoms with Crippen LogP contribution >= 0.6 is 0 Å². The highest BCUT2D eigenvalue weighted by Crippen LogP contribution is 2.21. The molecule has 16 heavy (non-hydrogen) atoms. The van der Waals surface area contributed by atoms with Crippen LogP contribution < -0.4 is 5.73 Å². The van der Waals surface area contributed by atoms with E-state index in [4.69, 9.17) is 5.73 Å². The fraction of sp³-hybridized carbons (Fsp3) is 0.333. The lowest BCUT2D eigenvalue weighted by molar-refractivity contribution is 0.767. The molecule has 0 aliphatic heterocycles. The molecule has 1 aromatic heterocycles. The van der Waals surface area contributed by atoms with Gasteiger partial charge in [0.2, 0.25) is 0 Å². The van der Waals surface area contributed by atoms with Gasteiger partial charge in [0.15, 0.2) is 0 Å². The van der Waals surface area contributed by atoms with E-state index in [9.17, 15) is 0 Å². The van der Waals surface area contributed by atoms with Crippen molar-refractivity contribution >= 4 is 0 Å². The van der Waals surface area contributed by atoms with Gasteiger partial charge in [-0.2, -0.15) is 0 Å². The Hall–Kier alpha value is -1.68. The molecule has 1 aromatic carbocycles. The van der Waals surface area contributed by atoms with E-state index in [-0.39, 0.29) is 0 Å². The first-order valence-electron chi connectivity index (χ1n) is 5.43. The van der Waals surface area contributed by atoms with Gasteiger partial charge in [-0.1, -0.05) is 37.3 Å².